The second-order valence-corrected chi connectivity index (χ2v) is 7.58. The zero-order valence-electron chi connectivity index (χ0n) is 15.0. The highest BCUT2D eigenvalue weighted by Crippen LogP contribution is 2.18. The monoisotopic (exact) mass is 358 g/mol. The molecule has 5 heteroatoms. The van der Waals surface area contributed by atoms with E-state index in [-0.39, 0.29) is 12.5 Å². The van der Waals surface area contributed by atoms with Crippen LogP contribution in [0.4, 0.5) is 0 Å². The van der Waals surface area contributed by atoms with Crippen molar-refractivity contribution < 1.29 is 9.53 Å². The number of hydrogen-bond donors (Lipinski definition) is 0. The van der Waals surface area contributed by atoms with Gasteiger partial charge in [0.25, 0.3) is 5.91 Å². The summed E-state index contributed by atoms with van der Waals surface area (Å²) in [6.45, 7) is 8.82. The number of hydrogen-bond acceptors (Lipinski definition) is 4. The molecule has 134 valence electrons. The lowest BCUT2D eigenvalue weighted by Gasteiger charge is -2.34. The second kappa shape index (κ2) is 8.50. The molecule has 1 aliphatic heterocycles. The van der Waals surface area contributed by atoms with Gasteiger partial charge in [-0.1, -0.05) is 26.0 Å². The zero-order valence-corrected chi connectivity index (χ0v) is 15.8. The van der Waals surface area contributed by atoms with Gasteiger partial charge in [-0.25, -0.2) is 0 Å². The predicted octanol–water partition coefficient (Wildman–Crippen LogP) is 3.59. The maximum Gasteiger partial charge on any atom is 0.260 e. The molecule has 0 spiro atoms. The third kappa shape index (κ3) is 5.06. The van der Waals surface area contributed by atoms with Crippen LogP contribution in [0.2, 0.25) is 0 Å². The number of nitrogens with zero attached hydrogens (tertiary/aromatic N) is 2. The van der Waals surface area contributed by atoms with Crippen molar-refractivity contribution in [3.63, 3.8) is 0 Å². The van der Waals surface area contributed by atoms with E-state index >= 15 is 0 Å². The number of piperazine rings is 1. The highest BCUT2D eigenvalue weighted by atomic mass is 32.1. The Bertz CT molecular complexity index is 660. The van der Waals surface area contributed by atoms with Crippen LogP contribution in [0.3, 0.4) is 0 Å². The summed E-state index contributed by atoms with van der Waals surface area (Å²) in [7, 11) is 0. The van der Waals surface area contributed by atoms with Gasteiger partial charge in [0.1, 0.15) is 5.75 Å². The number of carbonyl (C=O) groups excluding carboxylic acids is 1. The molecule has 2 aromatic rings. The number of rotatable bonds is 6. The van der Waals surface area contributed by atoms with Gasteiger partial charge in [-0.3, -0.25) is 9.69 Å². The maximum atomic E-state index is 12.4. The van der Waals surface area contributed by atoms with Gasteiger partial charge in [0, 0.05) is 32.7 Å². The first-order valence-electron chi connectivity index (χ1n) is 8.86. The topological polar surface area (TPSA) is 32.8 Å². The summed E-state index contributed by atoms with van der Waals surface area (Å²) < 4.78 is 5.66. The van der Waals surface area contributed by atoms with Crippen molar-refractivity contribution >= 4 is 17.2 Å². The van der Waals surface area contributed by atoms with Crippen LogP contribution in [-0.2, 0) is 11.3 Å². The third-order valence-corrected chi connectivity index (χ3v) is 5.35. The average Bonchev–Trinajstić information content (AvgIpc) is 3.13. The van der Waals surface area contributed by atoms with E-state index < -0.39 is 0 Å². The van der Waals surface area contributed by atoms with Gasteiger partial charge < -0.3 is 9.64 Å². The second-order valence-electron chi connectivity index (χ2n) is 6.80. The van der Waals surface area contributed by atoms with E-state index in [0.29, 0.717) is 5.92 Å². The van der Waals surface area contributed by atoms with Gasteiger partial charge in [-0.05, 0) is 46.0 Å². The summed E-state index contributed by atoms with van der Waals surface area (Å²) in [5, 5.41) is 4.30. The van der Waals surface area contributed by atoms with E-state index in [1.807, 2.05) is 17.0 Å². The van der Waals surface area contributed by atoms with Crippen molar-refractivity contribution in [3.05, 3.63) is 52.2 Å². The SMILES string of the molecule is CC(C)c1ccc(OCC(=O)N2CCN(Cc3ccsc3)CC2)cc1. The molecule has 0 atom stereocenters. The molecule has 0 bridgehead atoms. The minimum absolute atomic E-state index is 0.0723. The highest BCUT2D eigenvalue weighted by molar-refractivity contribution is 7.07. The van der Waals surface area contributed by atoms with Crippen LogP contribution in [0.25, 0.3) is 0 Å². The quantitative estimate of drug-likeness (QED) is 0.791. The summed E-state index contributed by atoms with van der Waals surface area (Å²) in [5.74, 6) is 1.33. The molecule has 25 heavy (non-hydrogen) atoms. The summed E-state index contributed by atoms with van der Waals surface area (Å²) in [5.41, 5.74) is 2.64. The van der Waals surface area contributed by atoms with Gasteiger partial charge in [0.2, 0.25) is 0 Å². The summed E-state index contributed by atoms with van der Waals surface area (Å²) in [6.07, 6.45) is 0. The fraction of sp³-hybridized carbons (Fsp3) is 0.450. The fourth-order valence-electron chi connectivity index (χ4n) is 2.98. The fourth-order valence-corrected chi connectivity index (χ4v) is 3.64. The van der Waals surface area contributed by atoms with Crippen LogP contribution in [0, 0.1) is 0 Å². The van der Waals surface area contributed by atoms with E-state index in [1.54, 1.807) is 11.3 Å². The summed E-state index contributed by atoms with van der Waals surface area (Å²) >= 11 is 1.73. The maximum absolute atomic E-state index is 12.4. The van der Waals surface area contributed by atoms with Crippen molar-refractivity contribution in [1.82, 2.24) is 9.80 Å². The molecule has 0 aliphatic carbocycles. The molecule has 2 heterocycles. The minimum atomic E-state index is 0.0723. The van der Waals surface area contributed by atoms with Crippen molar-refractivity contribution in [2.45, 2.75) is 26.3 Å². The van der Waals surface area contributed by atoms with Crippen LogP contribution in [0.1, 0.15) is 30.9 Å². The minimum Gasteiger partial charge on any atom is -0.484 e. The molecule has 1 fully saturated rings. The molecule has 1 saturated heterocycles. The molecule has 1 aromatic carbocycles. The molecule has 1 amide bonds. The third-order valence-electron chi connectivity index (χ3n) is 4.62. The Morgan fingerprint density at radius 3 is 2.44 bits per heavy atom. The average molecular weight is 359 g/mol. The number of benzene rings is 1. The number of ether oxygens (including phenoxy) is 1. The van der Waals surface area contributed by atoms with E-state index in [1.165, 1.54) is 11.1 Å². The molecule has 0 N–H and O–H groups in total. The smallest absolute Gasteiger partial charge is 0.260 e. The van der Waals surface area contributed by atoms with E-state index in [0.717, 1.165) is 38.5 Å². The first-order valence-corrected chi connectivity index (χ1v) is 9.80. The van der Waals surface area contributed by atoms with Crippen LogP contribution in [0.5, 0.6) is 5.75 Å². The Kier molecular flexibility index (Phi) is 6.10. The Morgan fingerprint density at radius 2 is 1.84 bits per heavy atom. The van der Waals surface area contributed by atoms with Crippen LogP contribution in [-0.4, -0.2) is 48.5 Å². The van der Waals surface area contributed by atoms with E-state index in [2.05, 4.69) is 47.7 Å². The molecule has 0 saturated carbocycles. The van der Waals surface area contributed by atoms with Crippen LogP contribution < -0.4 is 4.74 Å². The lowest BCUT2D eigenvalue weighted by atomic mass is 10.0. The molecule has 3 rings (SSSR count). The lowest BCUT2D eigenvalue weighted by molar-refractivity contribution is -0.135. The standard InChI is InChI=1S/C20H26N2O2S/c1-16(2)18-3-5-19(6-4-18)24-14-20(23)22-10-8-21(9-11-22)13-17-7-12-25-15-17/h3-7,12,15-16H,8-11,13-14H2,1-2H3. The van der Waals surface area contributed by atoms with Gasteiger partial charge in [-0.15, -0.1) is 0 Å². The molecular formula is C20H26N2O2S. The molecule has 4 nitrogen and oxygen atoms in total. The number of thiophene rings is 1. The van der Waals surface area contributed by atoms with Gasteiger partial charge >= 0.3 is 0 Å². The first-order chi connectivity index (χ1) is 12.1. The summed E-state index contributed by atoms with van der Waals surface area (Å²) in [6, 6.07) is 10.2. The Morgan fingerprint density at radius 1 is 1.12 bits per heavy atom. The summed E-state index contributed by atoms with van der Waals surface area (Å²) in [4.78, 5) is 16.7. The van der Waals surface area contributed by atoms with Crippen molar-refractivity contribution in [3.8, 4) is 5.75 Å². The largest absolute Gasteiger partial charge is 0.484 e. The van der Waals surface area contributed by atoms with Gasteiger partial charge in [-0.2, -0.15) is 11.3 Å². The molecular weight excluding hydrogens is 332 g/mol. The molecule has 0 unspecified atom stereocenters. The first kappa shape index (κ1) is 18.0. The molecule has 0 radical (unpaired) electrons. The van der Waals surface area contributed by atoms with Gasteiger partial charge in [0.15, 0.2) is 6.61 Å². The zero-order chi connectivity index (χ0) is 17.6. The van der Waals surface area contributed by atoms with Crippen molar-refractivity contribution in [1.29, 1.82) is 0 Å². The Balaban J connectivity index is 1.41. The molecule has 1 aliphatic rings. The lowest BCUT2D eigenvalue weighted by Crippen LogP contribution is -2.49. The predicted molar refractivity (Wildman–Crippen MR) is 102 cm³/mol. The van der Waals surface area contributed by atoms with Gasteiger partial charge in [0.05, 0.1) is 0 Å². The highest BCUT2D eigenvalue weighted by Gasteiger charge is 2.21. The molecule has 1 aromatic heterocycles. The normalized spacial score (nSPS) is 15.6. The van der Waals surface area contributed by atoms with Crippen molar-refractivity contribution in [2.24, 2.45) is 0 Å². The van der Waals surface area contributed by atoms with Crippen LogP contribution in [0.15, 0.2) is 41.1 Å². The van der Waals surface area contributed by atoms with Crippen LogP contribution >= 0.6 is 11.3 Å². The van der Waals surface area contributed by atoms with E-state index in [9.17, 15) is 4.79 Å². The van der Waals surface area contributed by atoms with Crippen molar-refractivity contribution in [2.75, 3.05) is 32.8 Å². The Labute approximate surface area is 154 Å². The Hall–Kier alpha value is -1.85. The van der Waals surface area contributed by atoms with E-state index in [4.69, 9.17) is 4.74 Å². The number of carbonyl (C=O) groups is 1. The number of amides is 1.